The van der Waals surface area contributed by atoms with E-state index in [-0.39, 0.29) is 42.2 Å². The molecule has 0 unspecified atom stereocenters. The van der Waals surface area contributed by atoms with Crippen molar-refractivity contribution < 1.29 is 23.9 Å². The van der Waals surface area contributed by atoms with Crippen LogP contribution in [0, 0.1) is 5.41 Å². The molecule has 0 aliphatic heterocycles. The molecule has 0 heterocycles. The number of carbonyl (C=O) groups is 3. The summed E-state index contributed by atoms with van der Waals surface area (Å²) in [7, 11) is 4.01. The second-order valence-electron chi connectivity index (χ2n) is 7.79. The van der Waals surface area contributed by atoms with Crippen LogP contribution in [0.25, 0.3) is 0 Å². The van der Waals surface area contributed by atoms with Crippen molar-refractivity contribution in [3.63, 3.8) is 0 Å². The monoisotopic (exact) mass is 407 g/mol. The topological polar surface area (TPSA) is 97.0 Å². The maximum absolute atomic E-state index is 12.3. The van der Waals surface area contributed by atoms with Crippen LogP contribution >= 0.6 is 0 Å². The highest BCUT2D eigenvalue weighted by atomic mass is 16.5. The van der Waals surface area contributed by atoms with E-state index in [2.05, 4.69) is 29.4 Å². The second-order valence-corrected chi connectivity index (χ2v) is 7.79. The highest BCUT2D eigenvalue weighted by Gasteiger charge is 2.19. The van der Waals surface area contributed by atoms with Gasteiger partial charge in [-0.3, -0.25) is 4.79 Å². The van der Waals surface area contributed by atoms with Gasteiger partial charge in [-0.1, -0.05) is 13.8 Å². The number of ether oxygens (including phenoxy) is 2. The molecule has 162 valence electrons. The van der Waals surface area contributed by atoms with Crippen LogP contribution in [-0.4, -0.2) is 69.7 Å². The van der Waals surface area contributed by atoms with E-state index in [0.717, 1.165) is 6.54 Å². The molecule has 1 aromatic rings. The molecular formula is C21H33N3O5. The van der Waals surface area contributed by atoms with E-state index in [1.807, 2.05) is 14.1 Å². The zero-order valence-electron chi connectivity index (χ0n) is 18.3. The van der Waals surface area contributed by atoms with Gasteiger partial charge in [-0.15, -0.1) is 0 Å². The second kappa shape index (κ2) is 11.5. The van der Waals surface area contributed by atoms with Crippen LogP contribution in [0.15, 0.2) is 18.2 Å². The summed E-state index contributed by atoms with van der Waals surface area (Å²) in [6.45, 7) is 9.68. The zero-order chi connectivity index (χ0) is 22.0. The number of nitrogens with zero attached hydrogens (tertiary/aromatic N) is 1. The summed E-state index contributed by atoms with van der Waals surface area (Å²) >= 11 is 0. The number of benzene rings is 1. The number of nitrogens with one attached hydrogen (secondary N) is 2. The van der Waals surface area contributed by atoms with Gasteiger partial charge in [-0.25, -0.2) is 9.59 Å². The predicted octanol–water partition coefficient (Wildman–Crippen LogP) is 2.16. The largest absolute Gasteiger partial charge is 0.462 e. The fourth-order valence-corrected chi connectivity index (χ4v) is 3.00. The Bertz CT molecular complexity index is 680. The first-order chi connectivity index (χ1) is 13.6. The average Bonchev–Trinajstić information content (AvgIpc) is 2.60. The summed E-state index contributed by atoms with van der Waals surface area (Å²) in [5.41, 5.74) is 0.684. The Morgan fingerprint density at radius 2 is 1.48 bits per heavy atom. The predicted molar refractivity (Wildman–Crippen MR) is 112 cm³/mol. The van der Waals surface area contributed by atoms with E-state index in [0.29, 0.717) is 12.2 Å². The third-order valence-corrected chi connectivity index (χ3v) is 3.87. The first-order valence-electron chi connectivity index (χ1n) is 9.72. The van der Waals surface area contributed by atoms with Gasteiger partial charge in [0, 0.05) is 18.8 Å². The Labute approximate surface area is 172 Å². The Balaban J connectivity index is 2.83. The summed E-state index contributed by atoms with van der Waals surface area (Å²) in [5, 5.41) is 5.86. The molecular weight excluding hydrogens is 374 g/mol. The summed E-state index contributed by atoms with van der Waals surface area (Å²) in [6.07, 6.45) is 0. The molecule has 0 bridgehead atoms. The molecule has 1 aromatic carbocycles. The maximum atomic E-state index is 12.3. The SMILES string of the molecule is CCOC(=O)c1cc(NC(=O)CNCC(C)(C)CN(C)C)cc(C(=O)OCC)c1. The van der Waals surface area contributed by atoms with Gasteiger partial charge >= 0.3 is 11.9 Å². The fraction of sp³-hybridized carbons (Fsp3) is 0.571. The molecule has 0 aliphatic carbocycles. The van der Waals surface area contributed by atoms with Crippen molar-refractivity contribution in [3.8, 4) is 0 Å². The van der Waals surface area contributed by atoms with E-state index in [1.165, 1.54) is 18.2 Å². The normalized spacial score (nSPS) is 11.3. The highest BCUT2D eigenvalue weighted by molar-refractivity contribution is 5.99. The van der Waals surface area contributed by atoms with Crippen LogP contribution in [0.4, 0.5) is 5.69 Å². The van der Waals surface area contributed by atoms with E-state index in [1.54, 1.807) is 13.8 Å². The number of rotatable bonds is 11. The summed E-state index contributed by atoms with van der Waals surface area (Å²) in [5.74, 6) is -1.42. The van der Waals surface area contributed by atoms with Crippen LogP contribution in [0.2, 0.25) is 0 Å². The van der Waals surface area contributed by atoms with Crippen LogP contribution < -0.4 is 10.6 Å². The number of esters is 2. The Kier molecular flexibility index (Phi) is 9.77. The molecule has 8 heteroatoms. The summed E-state index contributed by atoms with van der Waals surface area (Å²) in [6, 6.07) is 4.36. The van der Waals surface area contributed by atoms with Crippen molar-refractivity contribution in [3.05, 3.63) is 29.3 Å². The number of anilines is 1. The van der Waals surface area contributed by atoms with Gasteiger partial charge in [-0.05, 0) is 51.6 Å². The van der Waals surface area contributed by atoms with E-state index < -0.39 is 11.9 Å². The highest BCUT2D eigenvalue weighted by Crippen LogP contribution is 2.18. The lowest BCUT2D eigenvalue weighted by atomic mass is 9.93. The van der Waals surface area contributed by atoms with Crippen molar-refractivity contribution in [2.24, 2.45) is 5.41 Å². The Morgan fingerprint density at radius 3 is 1.93 bits per heavy atom. The molecule has 1 amide bonds. The van der Waals surface area contributed by atoms with E-state index in [9.17, 15) is 14.4 Å². The van der Waals surface area contributed by atoms with Gasteiger partial charge in [0.15, 0.2) is 0 Å². The van der Waals surface area contributed by atoms with Crippen molar-refractivity contribution >= 4 is 23.5 Å². The molecule has 0 radical (unpaired) electrons. The first-order valence-corrected chi connectivity index (χ1v) is 9.72. The molecule has 0 aromatic heterocycles. The first kappa shape index (κ1) is 24.6. The molecule has 1 rings (SSSR count). The van der Waals surface area contributed by atoms with Gasteiger partial charge < -0.3 is 25.0 Å². The molecule has 0 atom stereocenters. The van der Waals surface area contributed by atoms with E-state index in [4.69, 9.17) is 9.47 Å². The third kappa shape index (κ3) is 9.06. The lowest BCUT2D eigenvalue weighted by Crippen LogP contribution is -2.40. The van der Waals surface area contributed by atoms with Crippen molar-refractivity contribution in [2.45, 2.75) is 27.7 Å². The lowest BCUT2D eigenvalue weighted by molar-refractivity contribution is -0.115. The van der Waals surface area contributed by atoms with Gasteiger partial charge in [0.25, 0.3) is 0 Å². The fourth-order valence-electron chi connectivity index (χ4n) is 3.00. The number of hydrogen-bond donors (Lipinski definition) is 2. The molecule has 8 nitrogen and oxygen atoms in total. The van der Waals surface area contributed by atoms with Gasteiger partial charge in [0.05, 0.1) is 30.9 Å². The molecule has 0 saturated carbocycles. The smallest absolute Gasteiger partial charge is 0.338 e. The van der Waals surface area contributed by atoms with Gasteiger partial charge in [0.1, 0.15) is 0 Å². The Hall–Kier alpha value is -2.45. The van der Waals surface area contributed by atoms with Gasteiger partial charge in [0.2, 0.25) is 5.91 Å². The quantitative estimate of drug-likeness (QED) is 0.543. The lowest BCUT2D eigenvalue weighted by Gasteiger charge is -2.28. The zero-order valence-corrected chi connectivity index (χ0v) is 18.3. The van der Waals surface area contributed by atoms with Crippen LogP contribution in [-0.2, 0) is 14.3 Å². The molecule has 0 aliphatic rings. The van der Waals surface area contributed by atoms with Crippen molar-refractivity contribution in [1.29, 1.82) is 0 Å². The van der Waals surface area contributed by atoms with Gasteiger partial charge in [-0.2, -0.15) is 0 Å². The van der Waals surface area contributed by atoms with Crippen LogP contribution in [0.3, 0.4) is 0 Å². The molecule has 29 heavy (non-hydrogen) atoms. The van der Waals surface area contributed by atoms with Crippen LogP contribution in [0.1, 0.15) is 48.4 Å². The minimum Gasteiger partial charge on any atom is -0.462 e. The molecule has 2 N–H and O–H groups in total. The number of carbonyl (C=O) groups excluding carboxylic acids is 3. The van der Waals surface area contributed by atoms with Crippen LogP contribution in [0.5, 0.6) is 0 Å². The number of amides is 1. The standard InChI is InChI=1S/C21H33N3O5/c1-7-28-19(26)15-9-16(20(27)29-8-2)11-17(10-15)23-18(25)12-22-13-21(3,4)14-24(5)6/h9-11,22H,7-8,12-14H2,1-6H3,(H,23,25). The Morgan fingerprint density at radius 1 is 0.966 bits per heavy atom. The molecule has 0 fully saturated rings. The van der Waals surface area contributed by atoms with Crippen molar-refractivity contribution in [1.82, 2.24) is 10.2 Å². The van der Waals surface area contributed by atoms with E-state index >= 15 is 0 Å². The van der Waals surface area contributed by atoms with Crippen molar-refractivity contribution in [2.75, 3.05) is 52.3 Å². The summed E-state index contributed by atoms with van der Waals surface area (Å²) < 4.78 is 9.99. The number of hydrogen-bond acceptors (Lipinski definition) is 7. The minimum absolute atomic E-state index is 0.00465. The third-order valence-electron chi connectivity index (χ3n) is 3.87. The maximum Gasteiger partial charge on any atom is 0.338 e. The molecule has 0 spiro atoms. The average molecular weight is 408 g/mol. The minimum atomic E-state index is -0.572. The molecule has 0 saturated heterocycles. The summed E-state index contributed by atoms with van der Waals surface area (Å²) in [4.78, 5) is 38.6.